The Hall–Kier alpha value is -0.540. The van der Waals surface area contributed by atoms with Gasteiger partial charge in [-0.25, -0.2) is 0 Å². The Morgan fingerprint density at radius 3 is 3.00 bits per heavy atom. The molecule has 0 radical (unpaired) electrons. The van der Waals surface area contributed by atoms with Crippen molar-refractivity contribution < 1.29 is 9.84 Å². The molecule has 1 aliphatic carbocycles. The zero-order valence-corrected chi connectivity index (χ0v) is 10.8. The smallest absolute Gasteiger partial charge is 0.120 e. The third-order valence-electron chi connectivity index (χ3n) is 3.04. The number of halogens is 1. The molecule has 0 saturated heterocycles. The molecule has 0 heterocycles. The van der Waals surface area contributed by atoms with Crippen LogP contribution in [-0.4, -0.2) is 17.8 Å². The monoisotopic (exact) mass is 284 g/mol. The fourth-order valence-electron chi connectivity index (χ4n) is 2.18. The quantitative estimate of drug-likeness (QED) is 0.922. The minimum absolute atomic E-state index is 0.121. The van der Waals surface area contributed by atoms with Crippen molar-refractivity contribution in [3.8, 4) is 5.75 Å². The molecule has 0 spiro atoms. The van der Waals surface area contributed by atoms with Crippen LogP contribution in [0.3, 0.4) is 0 Å². The Morgan fingerprint density at radius 1 is 1.38 bits per heavy atom. The molecule has 1 N–H and O–H groups in total. The van der Waals surface area contributed by atoms with E-state index < -0.39 is 0 Å². The van der Waals surface area contributed by atoms with E-state index in [-0.39, 0.29) is 6.10 Å². The fraction of sp³-hybridized carbons (Fsp3) is 0.538. The van der Waals surface area contributed by atoms with Gasteiger partial charge in [0.05, 0.1) is 12.7 Å². The maximum absolute atomic E-state index is 9.56. The van der Waals surface area contributed by atoms with Crippen LogP contribution in [0.15, 0.2) is 28.7 Å². The van der Waals surface area contributed by atoms with E-state index in [0.29, 0.717) is 12.5 Å². The number of hydrogen-bond acceptors (Lipinski definition) is 2. The lowest BCUT2D eigenvalue weighted by Crippen LogP contribution is -2.24. The van der Waals surface area contributed by atoms with Gasteiger partial charge in [-0.1, -0.05) is 28.4 Å². The van der Waals surface area contributed by atoms with Gasteiger partial charge in [0.15, 0.2) is 0 Å². The van der Waals surface area contributed by atoms with E-state index in [1.165, 1.54) is 6.42 Å². The molecule has 0 aromatic heterocycles. The van der Waals surface area contributed by atoms with Crippen molar-refractivity contribution in [2.75, 3.05) is 6.61 Å². The SMILES string of the molecule is OC1CCCC(COc2cccc(Br)c2)C1. The standard InChI is InChI=1S/C13H17BrO2/c14-11-4-2-6-13(8-11)16-9-10-3-1-5-12(15)7-10/h2,4,6,8,10,12,15H,1,3,5,7,9H2. The Bertz CT molecular complexity index is 340. The van der Waals surface area contributed by atoms with E-state index in [0.717, 1.165) is 29.5 Å². The van der Waals surface area contributed by atoms with Crippen molar-refractivity contribution in [2.45, 2.75) is 31.8 Å². The highest BCUT2D eigenvalue weighted by molar-refractivity contribution is 9.10. The lowest BCUT2D eigenvalue weighted by Gasteiger charge is -2.25. The molecule has 0 bridgehead atoms. The van der Waals surface area contributed by atoms with E-state index in [9.17, 15) is 5.11 Å². The number of rotatable bonds is 3. The van der Waals surface area contributed by atoms with Gasteiger partial charge >= 0.3 is 0 Å². The number of aliphatic hydroxyl groups excluding tert-OH is 1. The van der Waals surface area contributed by atoms with Crippen molar-refractivity contribution in [3.63, 3.8) is 0 Å². The van der Waals surface area contributed by atoms with E-state index in [1.54, 1.807) is 0 Å². The predicted molar refractivity (Wildman–Crippen MR) is 67.6 cm³/mol. The van der Waals surface area contributed by atoms with Crippen LogP contribution in [0.2, 0.25) is 0 Å². The van der Waals surface area contributed by atoms with Crippen LogP contribution in [0.4, 0.5) is 0 Å². The summed E-state index contributed by atoms with van der Waals surface area (Å²) in [6.45, 7) is 0.716. The van der Waals surface area contributed by atoms with Crippen molar-refractivity contribution in [3.05, 3.63) is 28.7 Å². The van der Waals surface area contributed by atoms with E-state index in [1.807, 2.05) is 24.3 Å². The lowest BCUT2D eigenvalue weighted by atomic mass is 9.88. The van der Waals surface area contributed by atoms with Gasteiger partial charge in [-0.15, -0.1) is 0 Å². The molecule has 0 amide bonds. The molecule has 3 heteroatoms. The maximum Gasteiger partial charge on any atom is 0.120 e. The highest BCUT2D eigenvalue weighted by atomic mass is 79.9. The molecular weight excluding hydrogens is 268 g/mol. The maximum atomic E-state index is 9.56. The predicted octanol–water partition coefficient (Wildman–Crippen LogP) is 3.38. The summed E-state index contributed by atoms with van der Waals surface area (Å²) in [6, 6.07) is 7.88. The Morgan fingerprint density at radius 2 is 2.25 bits per heavy atom. The third kappa shape index (κ3) is 3.49. The van der Waals surface area contributed by atoms with E-state index >= 15 is 0 Å². The van der Waals surface area contributed by atoms with E-state index in [2.05, 4.69) is 15.9 Å². The third-order valence-corrected chi connectivity index (χ3v) is 3.53. The van der Waals surface area contributed by atoms with Gasteiger partial charge in [0, 0.05) is 4.47 Å². The first-order valence-corrected chi connectivity index (χ1v) is 6.60. The van der Waals surface area contributed by atoms with Gasteiger partial charge in [0.1, 0.15) is 5.75 Å². The molecule has 1 aliphatic rings. The molecule has 1 aromatic rings. The van der Waals surface area contributed by atoms with Gasteiger partial charge < -0.3 is 9.84 Å². The van der Waals surface area contributed by atoms with Gasteiger partial charge in [-0.2, -0.15) is 0 Å². The number of benzene rings is 1. The van der Waals surface area contributed by atoms with Gasteiger partial charge in [0.25, 0.3) is 0 Å². The minimum atomic E-state index is -0.121. The average Bonchev–Trinajstić information content (AvgIpc) is 2.27. The highest BCUT2D eigenvalue weighted by Crippen LogP contribution is 2.25. The van der Waals surface area contributed by atoms with Gasteiger partial charge in [-0.05, 0) is 43.4 Å². The van der Waals surface area contributed by atoms with Crippen LogP contribution in [0, 0.1) is 5.92 Å². The Balaban J connectivity index is 1.82. The fourth-order valence-corrected chi connectivity index (χ4v) is 2.56. The Kier molecular flexibility index (Phi) is 4.24. The summed E-state index contributed by atoms with van der Waals surface area (Å²) >= 11 is 3.42. The van der Waals surface area contributed by atoms with Crippen LogP contribution < -0.4 is 4.74 Å². The summed E-state index contributed by atoms with van der Waals surface area (Å²) in [6.07, 6.45) is 4.00. The number of ether oxygens (including phenoxy) is 1. The first kappa shape index (κ1) is 11.9. The first-order chi connectivity index (χ1) is 7.74. The molecule has 88 valence electrons. The minimum Gasteiger partial charge on any atom is -0.493 e. The second-order valence-electron chi connectivity index (χ2n) is 4.45. The normalized spacial score (nSPS) is 25.4. The van der Waals surface area contributed by atoms with Gasteiger partial charge in [0.2, 0.25) is 0 Å². The highest BCUT2D eigenvalue weighted by Gasteiger charge is 2.20. The molecule has 2 nitrogen and oxygen atoms in total. The molecule has 1 fully saturated rings. The van der Waals surface area contributed by atoms with Crippen LogP contribution in [0.1, 0.15) is 25.7 Å². The van der Waals surface area contributed by atoms with Crippen LogP contribution in [0.25, 0.3) is 0 Å². The molecule has 2 rings (SSSR count). The van der Waals surface area contributed by atoms with Crippen LogP contribution in [-0.2, 0) is 0 Å². The molecule has 1 saturated carbocycles. The zero-order chi connectivity index (χ0) is 11.4. The molecule has 0 aliphatic heterocycles. The topological polar surface area (TPSA) is 29.5 Å². The van der Waals surface area contributed by atoms with Crippen LogP contribution in [0.5, 0.6) is 5.75 Å². The molecular formula is C13H17BrO2. The second-order valence-corrected chi connectivity index (χ2v) is 5.37. The largest absolute Gasteiger partial charge is 0.493 e. The van der Waals surface area contributed by atoms with Crippen molar-refractivity contribution in [1.29, 1.82) is 0 Å². The first-order valence-electron chi connectivity index (χ1n) is 5.80. The summed E-state index contributed by atoms with van der Waals surface area (Å²) in [5.74, 6) is 1.40. The molecule has 1 aromatic carbocycles. The summed E-state index contributed by atoms with van der Waals surface area (Å²) < 4.78 is 6.77. The molecule has 2 unspecified atom stereocenters. The summed E-state index contributed by atoms with van der Waals surface area (Å²) in [5.41, 5.74) is 0. The average molecular weight is 285 g/mol. The summed E-state index contributed by atoms with van der Waals surface area (Å²) in [4.78, 5) is 0. The van der Waals surface area contributed by atoms with Crippen molar-refractivity contribution in [1.82, 2.24) is 0 Å². The second kappa shape index (κ2) is 5.69. The lowest BCUT2D eigenvalue weighted by molar-refractivity contribution is 0.0809. The van der Waals surface area contributed by atoms with Gasteiger partial charge in [-0.3, -0.25) is 0 Å². The van der Waals surface area contributed by atoms with Crippen molar-refractivity contribution >= 4 is 15.9 Å². The molecule has 16 heavy (non-hydrogen) atoms. The Labute approximate surface area is 105 Å². The summed E-state index contributed by atoms with van der Waals surface area (Å²) in [7, 11) is 0. The number of aliphatic hydroxyl groups is 1. The number of hydrogen-bond donors (Lipinski definition) is 1. The van der Waals surface area contributed by atoms with E-state index in [4.69, 9.17) is 4.74 Å². The summed E-state index contributed by atoms with van der Waals surface area (Å²) in [5, 5.41) is 9.56. The van der Waals surface area contributed by atoms with Crippen LogP contribution >= 0.6 is 15.9 Å². The van der Waals surface area contributed by atoms with Crippen molar-refractivity contribution in [2.24, 2.45) is 5.92 Å². The zero-order valence-electron chi connectivity index (χ0n) is 9.23. The molecule has 2 atom stereocenters.